The summed E-state index contributed by atoms with van der Waals surface area (Å²) >= 11 is 0. The molecule has 1 aliphatic rings. The lowest BCUT2D eigenvalue weighted by Crippen LogP contribution is -2.24. The van der Waals surface area contributed by atoms with Gasteiger partial charge in [-0.1, -0.05) is 6.42 Å². The van der Waals surface area contributed by atoms with Crippen LogP contribution in [0.25, 0.3) is 11.2 Å². The van der Waals surface area contributed by atoms with E-state index < -0.39 is 11.2 Å². The number of hydrogen-bond donors (Lipinski definition) is 2. The number of nitrogens with zero attached hydrogens (tertiary/aromatic N) is 2. The fourth-order valence-electron chi connectivity index (χ4n) is 2.07. The lowest BCUT2D eigenvalue weighted by Gasteiger charge is -2.25. The van der Waals surface area contributed by atoms with Gasteiger partial charge in [-0.05, 0) is 18.8 Å². The summed E-state index contributed by atoms with van der Waals surface area (Å²) in [5.41, 5.74) is -0.0708. The van der Waals surface area contributed by atoms with Crippen molar-refractivity contribution < 1.29 is 0 Å². The standard InChI is InChI=1S/C10H12N4O2/c15-9-7-8(12-10(16)13-9)14(5-11-7)4-6-2-1-3-6/h5-6H,1-4H2,(H2,12,13,15,16). The van der Waals surface area contributed by atoms with Crippen LogP contribution in [0.15, 0.2) is 15.9 Å². The lowest BCUT2D eigenvalue weighted by molar-refractivity contribution is 0.279. The van der Waals surface area contributed by atoms with Gasteiger partial charge in [0.1, 0.15) is 5.65 Å². The van der Waals surface area contributed by atoms with Crippen molar-refractivity contribution in [2.24, 2.45) is 5.92 Å². The highest BCUT2D eigenvalue weighted by atomic mass is 16.2. The average Bonchev–Trinajstić information content (AvgIpc) is 2.55. The third kappa shape index (κ3) is 1.37. The van der Waals surface area contributed by atoms with E-state index >= 15 is 0 Å². The van der Waals surface area contributed by atoms with Crippen LogP contribution < -0.4 is 11.2 Å². The van der Waals surface area contributed by atoms with E-state index in [0.29, 0.717) is 17.1 Å². The summed E-state index contributed by atoms with van der Waals surface area (Å²) < 4.78 is 1.86. The van der Waals surface area contributed by atoms with Gasteiger partial charge in [-0.3, -0.25) is 14.8 Å². The SMILES string of the molecule is O=c1[nH]c(=O)c2ncn(CC3CCC3)c2[nH]1. The van der Waals surface area contributed by atoms with Gasteiger partial charge in [0.25, 0.3) is 5.56 Å². The number of rotatable bonds is 2. The van der Waals surface area contributed by atoms with E-state index in [9.17, 15) is 9.59 Å². The van der Waals surface area contributed by atoms with Crippen molar-refractivity contribution in [2.75, 3.05) is 0 Å². The number of hydrogen-bond acceptors (Lipinski definition) is 3. The molecular weight excluding hydrogens is 208 g/mol. The molecule has 0 aliphatic heterocycles. The number of fused-ring (bicyclic) bond motifs is 1. The van der Waals surface area contributed by atoms with Crippen LogP contribution >= 0.6 is 0 Å². The van der Waals surface area contributed by atoms with E-state index in [4.69, 9.17) is 0 Å². The predicted molar refractivity (Wildman–Crippen MR) is 58.3 cm³/mol. The van der Waals surface area contributed by atoms with Crippen LogP contribution in [-0.2, 0) is 6.54 Å². The number of imidazole rings is 1. The Balaban J connectivity index is 2.11. The summed E-state index contributed by atoms with van der Waals surface area (Å²) in [4.78, 5) is 31.4. The molecule has 1 saturated carbocycles. The number of aromatic nitrogens is 4. The highest BCUT2D eigenvalue weighted by molar-refractivity contribution is 5.68. The molecule has 84 valence electrons. The summed E-state index contributed by atoms with van der Waals surface area (Å²) in [5.74, 6) is 0.653. The number of aromatic amines is 2. The molecule has 0 amide bonds. The van der Waals surface area contributed by atoms with Crippen LogP contribution in [0.4, 0.5) is 0 Å². The van der Waals surface area contributed by atoms with Crippen molar-refractivity contribution in [3.8, 4) is 0 Å². The molecule has 0 aromatic carbocycles. The van der Waals surface area contributed by atoms with Crippen molar-refractivity contribution >= 4 is 11.2 Å². The second kappa shape index (κ2) is 3.33. The fraction of sp³-hybridized carbons (Fsp3) is 0.500. The van der Waals surface area contributed by atoms with Gasteiger partial charge in [0.15, 0.2) is 5.52 Å². The molecule has 2 aromatic rings. The van der Waals surface area contributed by atoms with Crippen molar-refractivity contribution in [3.63, 3.8) is 0 Å². The van der Waals surface area contributed by atoms with E-state index in [1.165, 1.54) is 19.3 Å². The summed E-state index contributed by atoms with van der Waals surface area (Å²) in [7, 11) is 0. The maximum Gasteiger partial charge on any atom is 0.327 e. The van der Waals surface area contributed by atoms with Crippen LogP contribution in [0.1, 0.15) is 19.3 Å². The molecular formula is C10H12N4O2. The van der Waals surface area contributed by atoms with Crippen molar-refractivity contribution in [2.45, 2.75) is 25.8 Å². The molecule has 1 aliphatic carbocycles. The van der Waals surface area contributed by atoms with Crippen LogP contribution in [0.3, 0.4) is 0 Å². The second-order valence-corrected chi connectivity index (χ2v) is 4.30. The Kier molecular flexibility index (Phi) is 1.95. The smallest absolute Gasteiger partial charge is 0.316 e. The molecule has 0 atom stereocenters. The third-order valence-electron chi connectivity index (χ3n) is 3.19. The first-order chi connectivity index (χ1) is 7.74. The molecule has 2 N–H and O–H groups in total. The van der Waals surface area contributed by atoms with E-state index in [2.05, 4.69) is 15.0 Å². The molecule has 0 radical (unpaired) electrons. The maximum atomic E-state index is 11.4. The van der Waals surface area contributed by atoms with Crippen LogP contribution in [-0.4, -0.2) is 19.5 Å². The first-order valence-corrected chi connectivity index (χ1v) is 5.41. The Morgan fingerprint density at radius 2 is 2.19 bits per heavy atom. The van der Waals surface area contributed by atoms with Crippen LogP contribution in [0, 0.1) is 5.92 Å². The Morgan fingerprint density at radius 3 is 2.88 bits per heavy atom. The van der Waals surface area contributed by atoms with E-state index in [1.54, 1.807) is 6.33 Å². The van der Waals surface area contributed by atoms with Gasteiger partial charge in [0.2, 0.25) is 0 Å². The highest BCUT2D eigenvalue weighted by Gasteiger charge is 2.19. The summed E-state index contributed by atoms with van der Waals surface area (Å²) in [6.07, 6.45) is 5.32. The summed E-state index contributed by atoms with van der Waals surface area (Å²) in [5, 5.41) is 0. The molecule has 0 spiro atoms. The average molecular weight is 220 g/mol. The minimum Gasteiger partial charge on any atom is -0.316 e. The third-order valence-corrected chi connectivity index (χ3v) is 3.19. The molecule has 16 heavy (non-hydrogen) atoms. The normalized spacial score (nSPS) is 16.5. The zero-order valence-corrected chi connectivity index (χ0v) is 8.69. The van der Waals surface area contributed by atoms with Crippen molar-refractivity contribution in [1.29, 1.82) is 0 Å². The first-order valence-electron chi connectivity index (χ1n) is 5.41. The molecule has 2 heterocycles. The van der Waals surface area contributed by atoms with Crippen molar-refractivity contribution in [3.05, 3.63) is 27.2 Å². The van der Waals surface area contributed by atoms with Crippen molar-refractivity contribution in [1.82, 2.24) is 19.5 Å². The highest BCUT2D eigenvalue weighted by Crippen LogP contribution is 2.28. The van der Waals surface area contributed by atoms with E-state index in [-0.39, 0.29) is 0 Å². The Labute approximate surface area is 90.3 Å². The number of H-pyrrole nitrogens is 2. The van der Waals surface area contributed by atoms with Gasteiger partial charge in [-0.2, -0.15) is 0 Å². The Bertz CT molecular complexity index is 632. The predicted octanol–water partition coefficient (Wildman–Crippen LogP) is 0.213. The molecule has 1 fully saturated rings. The minimum absolute atomic E-state index is 0.305. The number of nitrogens with one attached hydrogen (secondary N) is 2. The maximum absolute atomic E-state index is 11.4. The van der Waals surface area contributed by atoms with Crippen LogP contribution in [0.5, 0.6) is 0 Å². The van der Waals surface area contributed by atoms with Gasteiger partial charge in [-0.25, -0.2) is 9.78 Å². The largest absolute Gasteiger partial charge is 0.327 e. The van der Waals surface area contributed by atoms with Gasteiger partial charge >= 0.3 is 5.69 Å². The molecule has 0 bridgehead atoms. The van der Waals surface area contributed by atoms with E-state index in [0.717, 1.165) is 6.54 Å². The Morgan fingerprint density at radius 1 is 1.38 bits per heavy atom. The van der Waals surface area contributed by atoms with Gasteiger partial charge in [0, 0.05) is 6.54 Å². The summed E-state index contributed by atoms with van der Waals surface area (Å²) in [6.45, 7) is 0.829. The molecule has 0 unspecified atom stereocenters. The second-order valence-electron chi connectivity index (χ2n) is 4.30. The van der Waals surface area contributed by atoms with E-state index in [1.807, 2.05) is 4.57 Å². The molecule has 0 saturated heterocycles. The fourth-order valence-corrected chi connectivity index (χ4v) is 2.07. The molecule has 6 nitrogen and oxygen atoms in total. The van der Waals surface area contributed by atoms with Crippen LogP contribution in [0.2, 0.25) is 0 Å². The zero-order valence-electron chi connectivity index (χ0n) is 8.69. The molecule has 6 heteroatoms. The topological polar surface area (TPSA) is 83.5 Å². The molecule has 3 rings (SSSR count). The zero-order chi connectivity index (χ0) is 11.1. The Hall–Kier alpha value is -1.85. The first kappa shape index (κ1) is 9.38. The minimum atomic E-state index is -0.479. The lowest BCUT2D eigenvalue weighted by atomic mass is 9.85. The van der Waals surface area contributed by atoms with Gasteiger partial charge < -0.3 is 4.57 Å². The van der Waals surface area contributed by atoms with Gasteiger partial charge in [0.05, 0.1) is 6.33 Å². The molecule has 2 aromatic heterocycles. The van der Waals surface area contributed by atoms with Gasteiger partial charge in [-0.15, -0.1) is 0 Å². The summed E-state index contributed by atoms with van der Waals surface area (Å²) in [6, 6.07) is 0. The quantitative estimate of drug-likeness (QED) is 0.759. The monoisotopic (exact) mass is 220 g/mol.